The van der Waals surface area contributed by atoms with Gasteiger partial charge in [-0.25, -0.2) is 4.79 Å². The van der Waals surface area contributed by atoms with E-state index in [1.54, 1.807) is 31.2 Å². The molecule has 1 fully saturated rings. The van der Waals surface area contributed by atoms with Gasteiger partial charge < -0.3 is 10.6 Å². The molecule has 0 bridgehead atoms. The number of nitrogens with one attached hydrogen (secondary N) is 2. The van der Waals surface area contributed by atoms with Crippen molar-refractivity contribution in [3.63, 3.8) is 0 Å². The maximum atomic E-state index is 12.7. The van der Waals surface area contributed by atoms with Gasteiger partial charge in [-0.2, -0.15) is 0 Å². The number of benzene rings is 1. The zero-order valence-electron chi connectivity index (χ0n) is 13.9. The molecular formula is C17H22ClN3O3. The Hall–Kier alpha value is -2.08. The predicted molar refractivity (Wildman–Crippen MR) is 91.6 cm³/mol. The van der Waals surface area contributed by atoms with E-state index in [9.17, 15) is 14.4 Å². The number of imide groups is 1. The van der Waals surface area contributed by atoms with Crippen molar-refractivity contribution in [3.8, 4) is 0 Å². The molecule has 2 rings (SSSR count). The maximum absolute atomic E-state index is 12.7. The third-order valence-corrected chi connectivity index (χ3v) is 4.35. The van der Waals surface area contributed by atoms with Gasteiger partial charge >= 0.3 is 6.03 Å². The summed E-state index contributed by atoms with van der Waals surface area (Å²) in [6, 6.07) is 6.13. The van der Waals surface area contributed by atoms with Gasteiger partial charge in [-0.1, -0.05) is 43.5 Å². The Kier molecular flexibility index (Phi) is 5.83. The number of halogens is 1. The van der Waals surface area contributed by atoms with E-state index in [1.807, 2.05) is 0 Å². The van der Waals surface area contributed by atoms with E-state index in [0.29, 0.717) is 17.1 Å². The fraction of sp³-hybridized carbons (Fsp3) is 0.471. The number of carbonyl (C=O) groups is 3. The minimum absolute atomic E-state index is 0.278. The second-order valence-corrected chi connectivity index (χ2v) is 6.45. The molecular weight excluding hydrogens is 330 g/mol. The number of urea groups is 1. The number of hydrogen-bond donors (Lipinski definition) is 2. The van der Waals surface area contributed by atoms with Gasteiger partial charge in [0.05, 0.1) is 0 Å². The number of hydrogen-bond acceptors (Lipinski definition) is 3. The van der Waals surface area contributed by atoms with Crippen molar-refractivity contribution in [1.29, 1.82) is 0 Å². The van der Waals surface area contributed by atoms with Gasteiger partial charge in [0.25, 0.3) is 5.91 Å². The zero-order chi connectivity index (χ0) is 17.7. The van der Waals surface area contributed by atoms with E-state index in [2.05, 4.69) is 17.6 Å². The van der Waals surface area contributed by atoms with Gasteiger partial charge in [0.1, 0.15) is 12.1 Å². The molecule has 4 amide bonds. The van der Waals surface area contributed by atoms with E-state index in [1.165, 1.54) is 0 Å². The first-order valence-electron chi connectivity index (χ1n) is 8.05. The van der Waals surface area contributed by atoms with Crippen LogP contribution in [0.3, 0.4) is 0 Å². The standard InChI is InChI=1S/C17H22ClN3O3/c1-3-4-5-10-19-14(22)11-21-15(23)17(2,20-16(21)24)12-6-8-13(18)9-7-12/h6-9H,3-5,10-11H2,1-2H3,(H,19,22)(H,20,24)/t17-/m0/s1. The Morgan fingerprint density at radius 3 is 2.54 bits per heavy atom. The van der Waals surface area contributed by atoms with Crippen LogP contribution in [-0.4, -0.2) is 35.8 Å². The van der Waals surface area contributed by atoms with E-state index >= 15 is 0 Å². The van der Waals surface area contributed by atoms with Gasteiger partial charge in [0.2, 0.25) is 5.91 Å². The van der Waals surface area contributed by atoms with E-state index < -0.39 is 17.5 Å². The zero-order valence-corrected chi connectivity index (χ0v) is 14.7. The number of rotatable bonds is 7. The van der Waals surface area contributed by atoms with Crippen LogP contribution < -0.4 is 10.6 Å². The Balaban J connectivity index is 2.03. The summed E-state index contributed by atoms with van der Waals surface area (Å²) in [6.45, 7) is 3.97. The minimum atomic E-state index is -1.19. The van der Waals surface area contributed by atoms with Gasteiger partial charge in [-0.05, 0) is 31.0 Å². The van der Waals surface area contributed by atoms with Crippen LogP contribution in [0.1, 0.15) is 38.7 Å². The van der Waals surface area contributed by atoms with E-state index in [0.717, 1.165) is 24.2 Å². The summed E-state index contributed by atoms with van der Waals surface area (Å²) >= 11 is 5.86. The molecule has 1 atom stereocenters. The van der Waals surface area contributed by atoms with Gasteiger partial charge in [-0.15, -0.1) is 0 Å². The average Bonchev–Trinajstić information content (AvgIpc) is 2.76. The highest BCUT2D eigenvalue weighted by atomic mass is 35.5. The molecule has 1 aromatic carbocycles. The molecule has 0 spiro atoms. The topological polar surface area (TPSA) is 78.5 Å². The number of carbonyl (C=O) groups excluding carboxylic acids is 3. The lowest BCUT2D eigenvalue weighted by Gasteiger charge is -2.22. The molecule has 0 aliphatic carbocycles. The van der Waals surface area contributed by atoms with Crippen molar-refractivity contribution in [3.05, 3.63) is 34.9 Å². The van der Waals surface area contributed by atoms with Crippen molar-refractivity contribution in [2.45, 2.75) is 38.6 Å². The molecule has 0 unspecified atom stereocenters. The summed E-state index contributed by atoms with van der Waals surface area (Å²) in [7, 11) is 0. The smallest absolute Gasteiger partial charge is 0.325 e. The van der Waals surface area contributed by atoms with Gasteiger partial charge in [0, 0.05) is 11.6 Å². The molecule has 0 saturated carbocycles. The SMILES string of the molecule is CCCCCNC(=O)CN1C(=O)N[C@@](C)(c2ccc(Cl)cc2)C1=O. The first kappa shape index (κ1) is 18.3. The molecule has 1 aliphatic heterocycles. The molecule has 6 nitrogen and oxygen atoms in total. The lowest BCUT2D eigenvalue weighted by Crippen LogP contribution is -2.43. The molecule has 1 heterocycles. The Morgan fingerprint density at radius 2 is 1.92 bits per heavy atom. The highest BCUT2D eigenvalue weighted by Crippen LogP contribution is 2.29. The Labute approximate surface area is 146 Å². The first-order chi connectivity index (χ1) is 11.4. The highest BCUT2D eigenvalue weighted by molar-refractivity contribution is 6.30. The number of unbranched alkanes of at least 4 members (excludes halogenated alkanes) is 2. The van der Waals surface area contributed by atoms with Gasteiger partial charge in [0.15, 0.2) is 0 Å². The monoisotopic (exact) mass is 351 g/mol. The molecule has 0 aromatic heterocycles. The lowest BCUT2D eigenvalue weighted by atomic mass is 9.92. The third-order valence-electron chi connectivity index (χ3n) is 4.10. The summed E-state index contributed by atoms with van der Waals surface area (Å²) < 4.78 is 0. The lowest BCUT2D eigenvalue weighted by molar-refractivity contribution is -0.134. The fourth-order valence-corrected chi connectivity index (χ4v) is 2.75. The summed E-state index contributed by atoms with van der Waals surface area (Å²) in [6.07, 6.45) is 2.96. The molecule has 0 radical (unpaired) electrons. The summed E-state index contributed by atoms with van der Waals surface area (Å²) in [5.41, 5.74) is -0.569. The maximum Gasteiger partial charge on any atom is 0.325 e. The van der Waals surface area contributed by atoms with E-state index in [-0.39, 0.29) is 12.5 Å². The molecule has 2 N–H and O–H groups in total. The van der Waals surface area contributed by atoms with Crippen LogP contribution in [0.4, 0.5) is 4.79 Å². The minimum Gasteiger partial charge on any atom is -0.355 e. The second kappa shape index (κ2) is 7.66. The Bertz CT molecular complexity index is 632. The molecule has 1 aliphatic rings. The average molecular weight is 352 g/mol. The van der Waals surface area contributed by atoms with Crippen LogP contribution in [0.15, 0.2) is 24.3 Å². The summed E-state index contributed by atoms with van der Waals surface area (Å²) in [5.74, 6) is -0.784. The summed E-state index contributed by atoms with van der Waals surface area (Å²) in [4.78, 5) is 37.7. The molecule has 1 aromatic rings. The predicted octanol–water partition coefficient (Wildman–Crippen LogP) is 2.41. The highest BCUT2D eigenvalue weighted by Gasteiger charge is 2.49. The van der Waals surface area contributed by atoms with Gasteiger partial charge in [-0.3, -0.25) is 14.5 Å². The van der Waals surface area contributed by atoms with Crippen molar-refractivity contribution < 1.29 is 14.4 Å². The second-order valence-electron chi connectivity index (χ2n) is 6.01. The van der Waals surface area contributed by atoms with Crippen LogP contribution in [0.5, 0.6) is 0 Å². The quantitative estimate of drug-likeness (QED) is 0.585. The molecule has 7 heteroatoms. The number of amides is 4. The summed E-state index contributed by atoms with van der Waals surface area (Å²) in [5, 5.41) is 5.94. The third kappa shape index (κ3) is 3.87. The number of nitrogens with zero attached hydrogens (tertiary/aromatic N) is 1. The van der Waals surface area contributed by atoms with Crippen LogP contribution in [-0.2, 0) is 15.1 Å². The van der Waals surface area contributed by atoms with Crippen LogP contribution >= 0.6 is 11.6 Å². The van der Waals surface area contributed by atoms with Crippen molar-refractivity contribution in [2.75, 3.05) is 13.1 Å². The normalized spacial score (nSPS) is 20.2. The van der Waals surface area contributed by atoms with Crippen LogP contribution in [0, 0.1) is 0 Å². The van der Waals surface area contributed by atoms with Crippen molar-refractivity contribution in [2.24, 2.45) is 0 Å². The van der Waals surface area contributed by atoms with Crippen molar-refractivity contribution >= 4 is 29.4 Å². The Morgan fingerprint density at radius 1 is 1.25 bits per heavy atom. The largest absolute Gasteiger partial charge is 0.355 e. The van der Waals surface area contributed by atoms with Crippen LogP contribution in [0.2, 0.25) is 5.02 Å². The molecule has 130 valence electrons. The molecule has 24 heavy (non-hydrogen) atoms. The first-order valence-corrected chi connectivity index (χ1v) is 8.43. The fourth-order valence-electron chi connectivity index (χ4n) is 2.62. The van der Waals surface area contributed by atoms with E-state index in [4.69, 9.17) is 11.6 Å². The van der Waals surface area contributed by atoms with Crippen molar-refractivity contribution in [1.82, 2.24) is 15.5 Å². The molecule has 1 saturated heterocycles. The van der Waals surface area contributed by atoms with Crippen LogP contribution in [0.25, 0.3) is 0 Å².